The van der Waals surface area contributed by atoms with E-state index in [0.717, 1.165) is 0 Å². The maximum Gasteiger partial charge on any atom is 0.198 e. The summed E-state index contributed by atoms with van der Waals surface area (Å²) in [5.41, 5.74) is 0. The van der Waals surface area contributed by atoms with Crippen molar-refractivity contribution >= 4 is 0 Å². The van der Waals surface area contributed by atoms with E-state index >= 15 is 0 Å². The summed E-state index contributed by atoms with van der Waals surface area (Å²) in [4.78, 5) is 0. The standard InChI is InChI=1S/C9H16O6/c1-2-3-9(14)8(13)7(12)6(11)5(4-10)15-9/h2,5-8,10-14H,1,3-4H2/t5-,6-,7+,8+,9-/m1/s1. The Kier molecular flexibility index (Phi) is 3.82. The molecule has 0 spiro atoms. The van der Waals surface area contributed by atoms with E-state index in [1.54, 1.807) is 0 Å². The first-order valence-corrected chi connectivity index (χ1v) is 4.62. The van der Waals surface area contributed by atoms with Crippen LogP contribution in [0.1, 0.15) is 6.42 Å². The number of aliphatic hydroxyl groups excluding tert-OH is 4. The first kappa shape index (κ1) is 12.6. The van der Waals surface area contributed by atoms with Gasteiger partial charge in [-0.1, -0.05) is 6.08 Å². The molecule has 1 aliphatic rings. The van der Waals surface area contributed by atoms with Crippen LogP contribution in [0.4, 0.5) is 0 Å². The lowest BCUT2D eigenvalue weighted by atomic mass is 9.91. The van der Waals surface area contributed by atoms with Gasteiger partial charge in [0.05, 0.1) is 6.61 Å². The normalized spacial score (nSPS) is 46.5. The van der Waals surface area contributed by atoms with Crippen LogP contribution < -0.4 is 0 Å². The van der Waals surface area contributed by atoms with Crippen molar-refractivity contribution in [1.82, 2.24) is 0 Å². The minimum absolute atomic E-state index is 0.117. The summed E-state index contributed by atoms with van der Waals surface area (Å²) in [5, 5.41) is 47.0. The molecule has 0 aromatic carbocycles. The molecule has 0 radical (unpaired) electrons. The minimum Gasteiger partial charge on any atom is -0.394 e. The SMILES string of the molecule is C=CC[C@@]1(O)O[C@H](CO)[C@@H](O)[C@H](O)[C@@H]1O. The van der Waals surface area contributed by atoms with Crippen LogP contribution in [-0.4, -0.2) is 62.3 Å². The molecule has 6 heteroatoms. The van der Waals surface area contributed by atoms with Crippen molar-refractivity contribution in [3.63, 3.8) is 0 Å². The lowest BCUT2D eigenvalue weighted by Gasteiger charge is -2.45. The number of hydrogen-bond donors (Lipinski definition) is 5. The van der Waals surface area contributed by atoms with Gasteiger partial charge < -0.3 is 30.3 Å². The summed E-state index contributed by atoms with van der Waals surface area (Å²) in [7, 11) is 0. The van der Waals surface area contributed by atoms with Gasteiger partial charge in [0.1, 0.15) is 24.4 Å². The van der Waals surface area contributed by atoms with Crippen LogP contribution in [0, 0.1) is 0 Å². The van der Waals surface area contributed by atoms with E-state index in [0.29, 0.717) is 0 Å². The Morgan fingerprint density at radius 1 is 1.27 bits per heavy atom. The average Bonchev–Trinajstić information content (AvgIpc) is 2.21. The monoisotopic (exact) mass is 220 g/mol. The van der Waals surface area contributed by atoms with Crippen LogP contribution in [-0.2, 0) is 4.74 Å². The topological polar surface area (TPSA) is 110 Å². The molecule has 0 aromatic heterocycles. The van der Waals surface area contributed by atoms with Gasteiger partial charge >= 0.3 is 0 Å². The Morgan fingerprint density at radius 3 is 2.33 bits per heavy atom. The molecule has 0 saturated carbocycles. The van der Waals surface area contributed by atoms with Gasteiger partial charge in [-0.05, 0) is 0 Å². The second kappa shape index (κ2) is 4.56. The van der Waals surface area contributed by atoms with E-state index in [1.807, 2.05) is 0 Å². The Balaban J connectivity index is 2.86. The van der Waals surface area contributed by atoms with Crippen molar-refractivity contribution in [2.45, 2.75) is 36.6 Å². The number of aliphatic hydroxyl groups is 5. The maximum atomic E-state index is 9.80. The molecule has 0 amide bonds. The van der Waals surface area contributed by atoms with Crippen molar-refractivity contribution in [3.05, 3.63) is 12.7 Å². The van der Waals surface area contributed by atoms with Crippen molar-refractivity contribution in [1.29, 1.82) is 0 Å². The first-order chi connectivity index (χ1) is 6.96. The van der Waals surface area contributed by atoms with Gasteiger partial charge in [-0.15, -0.1) is 6.58 Å². The van der Waals surface area contributed by atoms with Crippen LogP contribution in [0.15, 0.2) is 12.7 Å². The van der Waals surface area contributed by atoms with Gasteiger partial charge in [0, 0.05) is 6.42 Å². The molecule has 0 bridgehead atoms. The highest BCUT2D eigenvalue weighted by Gasteiger charge is 2.51. The van der Waals surface area contributed by atoms with Crippen molar-refractivity contribution in [2.24, 2.45) is 0 Å². The zero-order chi connectivity index (χ0) is 11.6. The van der Waals surface area contributed by atoms with Crippen molar-refractivity contribution < 1.29 is 30.3 Å². The van der Waals surface area contributed by atoms with Crippen LogP contribution >= 0.6 is 0 Å². The Bertz CT molecular complexity index is 231. The zero-order valence-electron chi connectivity index (χ0n) is 8.15. The molecular weight excluding hydrogens is 204 g/mol. The lowest BCUT2D eigenvalue weighted by Crippen LogP contribution is -2.64. The summed E-state index contributed by atoms with van der Waals surface area (Å²) >= 11 is 0. The molecule has 5 atom stereocenters. The highest BCUT2D eigenvalue weighted by molar-refractivity contribution is 4.98. The smallest absolute Gasteiger partial charge is 0.198 e. The molecule has 1 fully saturated rings. The van der Waals surface area contributed by atoms with Gasteiger partial charge in [-0.3, -0.25) is 0 Å². The third-order valence-corrected chi connectivity index (χ3v) is 2.49. The van der Waals surface area contributed by atoms with Crippen LogP contribution in [0.25, 0.3) is 0 Å². The zero-order valence-corrected chi connectivity index (χ0v) is 8.15. The van der Waals surface area contributed by atoms with Crippen molar-refractivity contribution in [2.75, 3.05) is 6.61 Å². The third-order valence-electron chi connectivity index (χ3n) is 2.49. The first-order valence-electron chi connectivity index (χ1n) is 4.62. The summed E-state index contributed by atoms with van der Waals surface area (Å²) < 4.78 is 4.93. The average molecular weight is 220 g/mol. The molecule has 0 aromatic rings. The quantitative estimate of drug-likeness (QED) is 0.343. The van der Waals surface area contributed by atoms with Gasteiger partial charge in [0.25, 0.3) is 0 Å². The van der Waals surface area contributed by atoms with Gasteiger partial charge in [-0.25, -0.2) is 0 Å². The fourth-order valence-corrected chi connectivity index (χ4v) is 1.60. The fourth-order valence-electron chi connectivity index (χ4n) is 1.60. The van der Waals surface area contributed by atoms with E-state index in [4.69, 9.17) is 9.84 Å². The number of ether oxygens (including phenoxy) is 1. The predicted octanol–water partition coefficient (Wildman–Crippen LogP) is -2.28. The molecule has 0 aliphatic carbocycles. The van der Waals surface area contributed by atoms with E-state index in [2.05, 4.69) is 6.58 Å². The summed E-state index contributed by atoms with van der Waals surface area (Å²) in [6.45, 7) is 2.81. The van der Waals surface area contributed by atoms with E-state index in [-0.39, 0.29) is 6.42 Å². The van der Waals surface area contributed by atoms with Crippen LogP contribution in [0.3, 0.4) is 0 Å². The highest BCUT2D eigenvalue weighted by atomic mass is 16.7. The van der Waals surface area contributed by atoms with Crippen molar-refractivity contribution in [3.8, 4) is 0 Å². The van der Waals surface area contributed by atoms with Crippen LogP contribution in [0.2, 0.25) is 0 Å². The fraction of sp³-hybridized carbons (Fsp3) is 0.778. The molecule has 1 saturated heterocycles. The minimum atomic E-state index is -2.02. The Labute approximate surface area is 87.0 Å². The molecule has 0 unspecified atom stereocenters. The Hall–Kier alpha value is -0.500. The largest absolute Gasteiger partial charge is 0.394 e. The number of rotatable bonds is 3. The second-order valence-electron chi connectivity index (χ2n) is 3.60. The lowest BCUT2D eigenvalue weighted by molar-refractivity contribution is -0.347. The maximum absolute atomic E-state index is 9.80. The summed E-state index contributed by atoms with van der Waals surface area (Å²) in [6.07, 6.45) is -4.59. The molecule has 6 nitrogen and oxygen atoms in total. The van der Waals surface area contributed by atoms with Gasteiger partial charge in [-0.2, -0.15) is 0 Å². The van der Waals surface area contributed by atoms with Gasteiger partial charge in [0.2, 0.25) is 0 Å². The van der Waals surface area contributed by atoms with Gasteiger partial charge in [0.15, 0.2) is 5.79 Å². The molecule has 15 heavy (non-hydrogen) atoms. The Morgan fingerprint density at radius 2 is 1.87 bits per heavy atom. The number of hydrogen-bond acceptors (Lipinski definition) is 6. The second-order valence-corrected chi connectivity index (χ2v) is 3.60. The molecule has 88 valence electrons. The van der Waals surface area contributed by atoms with E-state index in [9.17, 15) is 20.4 Å². The molecule has 5 N–H and O–H groups in total. The molecule has 1 aliphatic heterocycles. The predicted molar refractivity (Wildman–Crippen MR) is 49.7 cm³/mol. The molecule has 1 rings (SSSR count). The van der Waals surface area contributed by atoms with E-state index < -0.39 is 36.8 Å². The van der Waals surface area contributed by atoms with E-state index in [1.165, 1.54) is 6.08 Å². The highest BCUT2D eigenvalue weighted by Crippen LogP contribution is 2.30. The van der Waals surface area contributed by atoms with Crippen LogP contribution in [0.5, 0.6) is 0 Å². The third kappa shape index (κ3) is 2.20. The summed E-state index contributed by atoms with van der Waals surface area (Å²) in [6, 6.07) is 0. The summed E-state index contributed by atoms with van der Waals surface area (Å²) in [5.74, 6) is -2.02. The molecular formula is C9H16O6. The molecule has 1 heterocycles.